The van der Waals surface area contributed by atoms with E-state index in [1.807, 2.05) is 44.2 Å². The Morgan fingerprint density at radius 2 is 2.16 bits per heavy atom. The quantitative estimate of drug-likeness (QED) is 0.914. The van der Waals surface area contributed by atoms with Crippen molar-refractivity contribution in [3.8, 4) is 6.07 Å². The Labute approximate surface area is 112 Å². The first kappa shape index (κ1) is 13.2. The summed E-state index contributed by atoms with van der Waals surface area (Å²) in [4.78, 5) is 11.4. The second-order valence-corrected chi connectivity index (χ2v) is 5.14. The Hall–Kier alpha value is -2.28. The molecule has 0 fully saturated rings. The third kappa shape index (κ3) is 2.76. The number of carbonyl (C=O) groups is 1. The molecule has 0 radical (unpaired) electrons. The highest BCUT2D eigenvalue weighted by molar-refractivity contribution is 5.82. The maximum Gasteiger partial charge on any atom is 0.234 e. The first-order chi connectivity index (χ1) is 9.04. The summed E-state index contributed by atoms with van der Waals surface area (Å²) in [5.41, 5.74) is 1.65. The van der Waals surface area contributed by atoms with E-state index in [-0.39, 0.29) is 17.7 Å². The van der Waals surface area contributed by atoms with Gasteiger partial charge in [0.2, 0.25) is 5.91 Å². The van der Waals surface area contributed by atoms with E-state index < -0.39 is 0 Å². The van der Waals surface area contributed by atoms with Crippen LogP contribution in [0.2, 0.25) is 0 Å². The van der Waals surface area contributed by atoms with E-state index in [0.29, 0.717) is 6.54 Å². The standard InChI is InChI=1S/C15H16N2O2/c1-15(2,10-17-14(18)7-8-16)12-9-19-13-6-4-3-5-11(12)13/h3-6,9H,7,10H2,1-2H3,(H,17,18). The largest absolute Gasteiger partial charge is 0.464 e. The van der Waals surface area contributed by atoms with Gasteiger partial charge >= 0.3 is 0 Å². The minimum Gasteiger partial charge on any atom is -0.464 e. The molecule has 1 heterocycles. The van der Waals surface area contributed by atoms with Crippen molar-refractivity contribution in [1.29, 1.82) is 5.26 Å². The molecule has 1 aromatic heterocycles. The average Bonchev–Trinajstić information content (AvgIpc) is 2.81. The molecule has 1 aromatic carbocycles. The number of fused-ring (bicyclic) bond motifs is 1. The van der Waals surface area contributed by atoms with Gasteiger partial charge in [-0.2, -0.15) is 5.26 Å². The molecule has 0 spiro atoms. The fourth-order valence-electron chi connectivity index (χ4n) is 2.05. The summed E-state index contributed by atoms with van der Waals surface area (Å²) in [6.07, 6.45) is 1.63. The van der Waals surface area contributed by atoms with Crippen molar-refractivity contribution in [2.24, 2.45) is 0 Å². The summed E-state index contributed by atoms with van der Waals surface area (Å²) in [6.45, 7) is 4.55. The molecule has 0 aliphatic rings. The number of furan rings is 1. The Kier molecular flexibility index (Phi) is 3.57. The highest BCUT2D eigenvalue weighted by Gasteiger charge is 2.25. The van der Waals surface area contributed by atoms with Gasteiger partial charge in [-0.1, -0.05) is 32.0 Å². The van der Waals surface area contributed by atoms with Crippen LogP contribution in [0.25, 0.3) is 11.0 Å². The van der Waals surface area contributed by atoms with Crippen molar-refractivity contribution in [2.45, 2.75) is 25.7 Å². The zero-order valence-electron chi connectivity index (χ0n) is 11.1. The van der Waals surface area contributed by atoms with Gasteiger partial charge in [0.1, 0.15) is 12.0 Å². The lowest BCUT2D eigenvalue weighted by Crippen LogP contribution is -2.36. The normalized spacial score (nSPS) is 11.2. The van der Waals surface area contributed by atoms with Crippen LogP contribution in [-0.4, -0.2) is 12.5 Å². The number of hydrogen-bond acceptors (Lipinski definition) is 3. The molecule has 2 rings (SSSR count). The van der Waals surface area contributed by atoms with Crippen molar-refractivity contribution < 1.29 is 9.21 Å². The smallest absolute Gasteiger partial charge is 0.234 e. The molecule has 0 saturated heterocycles. The fourth-order valence-corrected chi connectivity index (χ4v) is 2.05. The number of para-hydroxylation sites is 1. The molecule has 1 N–H and O–H groups in total. The molecule has 0 bridgehead atoms. The number of nitrogens with zero attached hydrogens (tertiary/aromatic N) is 1. The summed E-state index contributed by atoms with van der Waals surface area (Å²) in [7, 11) is 0. The number of carbonyl (C=O) groups excluding carboxylic acids is 1. The first-order valence-corrected chi connectivity index (χ1v) is 6.15. The number of amides is 1. The Morgan fingerprint density at radius 3 is 2.89 bits per heavy atom. The van der Waals surface area contributed by atoms with Crippen LogP contribution in [0, 0.1) is 11.3 Å². The second-order valence-electron chi connectivity index (χ2n) is 5.14. The number of benzene rings is 1. The van der Waals surface area contributed by atoms with E-state index in [9.17, 15) is 4.79 Å². The van der Waals surface area contributed by atoms with Crippen molar-refractivity contribution in [3.63, 3.8) is 0 Å². The van der Waals surface area contributed by atoms with Crippen molar-refractivity contribution >= 4 is 16.9 Å². The van der Waals surface area contributed by atoms with Crippen molar-refractivity contribution in [1.82, 2.24) is 5.32 Å². The minimum atomic E-state index is -0.252. The van der Waals surface area contributed by atoms with Gasteiger partial charge in [-0.25, -0.2) is 0 Å². The van der Waals surface area contributed by atoms with Gasteiger partial charge in [0, 0.05) is 22.9 Å². The fraction of sp³-hybridized carbons (Fsp3) is 0.333. The molecular weight excluding hydrogens is 240 g/mol. The lowest BCUT2D eigenvalue weighted by molar-refractivity contribution is -0.120. The minimum absolute atomic E-state index is 0.109. The molecular formula is C15H16N2O2. The molecule has 1 amide bonds. The van der Waals surface area contributed by atoms with Crippen molar-refractivity contribution in [3.05, 3.63) is 36.1 Å². The molecule has 0 aliphatic heterocycles. The van der Waals surface area contributed by atoms with Gasteiger partial charge in [0.05, 0.1) is 12.3 Å². The van der Waals surface area contributed by atoms with E-state index in [0.717, 1.165) is 16.5 Å². The van der Waals surface area contributed by atoms with Crippen molar-refractivity contribution in [2.75, 3.05) is 6.54 Å². The number of nitrogens with one attached hydrogen (secondary N) is 1. The van der Waals surface area contributed by atoms with Crippen LogP contribution in [0.5, 0.6) is 0 Å². The maximum atomic E-state index is 11.4. The van der Waals surface area contributed by atoms with Gasteiger partial charge in [-0.3, -0.25) is 4.79 Å². The van der Waals surface area contributed by atoms with Gasteiger partial charge in [0.25, 0.3) is 0 Å². The molecule has 19 heavy (non-hydrogen) atoms. The topological polar surface area (TPSA) is 66.0 Å². The van der Waals surface area contributed by atoms with Crippen LogP contribution >= 0.6 is 0 Å². The zero-order chi connectivity index (χ0) is 13.9. The molecule has 0 unspecified atom stereocenters. The predicted molar refractivity (Wildman–Crippen MR) is 72.5 cm³/mol. The third-order valence-electron chi connectivity index (χ3n) is 3.18. The van der Waals surface area contributed by atoms with Crippen LogP contribution in [0.3, 0.4) is 0 Å². The highest BCUT2D eigenvalue weighted by atomic mass is 16.3. The zero-order valence-corrected chi connectivity index (χ0v) is 11.1. The molecule has 4 heteroatoms. The number of nitriles is 1. The Bertz CT molecular complexity index is 635. The average molecular weight is 256 g/mol. The Morgan fingerprint density at radius 1 is 1.42 bits per heavy atom. The lowest BCUT2D eigenvalue weighted by atomic mass is 9.84. The monoisotopic (exact) mass is 256 g/mol. The van der Waals surface area contributed by atoms with E-state index in [2.05, 4.69) is 5.32 Å². The molecule has 2 aromatic rings. The summed E-state index contributed by atoms with van der Waals surface area (Å²) in [5, 5.41) is 12.3. The van der Waals surface area contributed by atoms with Gasteiger partial charge in [0.15, 0.2) is 0 Å². The van der Waals surface area contributed by atoms with Crippen LogP contribution in [0.15, 0.2) is 34.9 Å². The first-order valence-electron chi connectivity index (χ1n) is 6.15. The van der Waals surface area contributed by atoms with E-state index in [1.54, 1.807) is 6.26 Å². The molecule has 0 aliphatic carbocycles. The lowest BCUT2D eigenvalue weighted by Gasteiger charge is -2.24. The molecule has 98 valence electrons. The summed E-state index contributed by atoms with van der Waals surface area (Å²) in [5.74, 6) is -0.247. The van der Waals surface area contributed by atoms with Gasteiger partial charge in [-0.15, -0.1) is 0 Å². The molecule has 0 atom stereocenters. The van der Waals surface area contributed by atoms with E-state index >= 15 is 0 Å². The molecule has 4 nitrogen and oxygen atoms in total. The summed E-state index contributed by atoms with van der Waals surface area (Å²) in [6, 6.07) is 9.66. The second kappa shape index (κ2) is 5.15. The van der Waals surface area contributed by atoms with Crippen LogP contribution < -0.4 is 5.32 Å². The van der Waals surface area contributed by atoms with Crippen LogP contribution in [-0.2, 0) is 10.2 Å². The number of hydrogen-bond donors (Lipinski definition) is 1. The third-order valence-corrected chi connectivity index (χ3v) is 3.18. The predicted octanol–water partition coefficient (Wildman–Crippen LogP) is 2.74. The van der Waals surface area contributed by atoms with E-state index in [1.165, 1.54) is 0 Å². The Balaban J connectivity index is 2.20. The SMILES string of the molecule is CC(C)(CNC(=O)CC#N)c1coc2ccccc12. The van der Waals surface area contributed by atoms with Crippen LogP contribution in [0.4, 0.5) is 0 Å². The van der Waals surface area contributed by atoms with Gasteiger partial charge in [-0.05, 0) is 6.07 Å². The summed E-state index contributed by atoms with van der Waals surface area (Å²) >= 11 is 0. The maximum absolute atomic E-state index is 11.4. The summed E-state index contributed by atoms with van der Waals surface area (Å²) < 4.78 is 5.52. The highest BCUT2D eigenvalue weighted by Crippen LogP contribution is 2.31. The molecule has 0 saturated carbocycles. The van der Waals surface area contributed by atoms with E-state index in [4.69, 9.17) is 9.68 Å². The van der Waals surface area contributed by atoms with Crippen LogP contribution in [0.1, 0.15) is 25.8 Å². The van der Waals surface area contributed by atoms with Gasteiger partial charge < -0.3 is 9.73 Å². The number of rotatable bonds is 4.